The van der Waals surface area contributed by atoms with Crippen molar-refractivity contribution in [3.8, 4) is 0 Å². The van der Waals surface area contributed by atoms with Gasteiger partial charge in [-0.05, 0) is 37.1 Å². The average Bonchev–Trinajstić information content (AvgIpc) is 2.67. The van der Waals surface area contributed by atoms with E-state index in [1.807, 2.05) is 11.9 Å². The van der Waals surface area contributed by atoms with E-state index in [1.54, 1.807) is 24.3 Å². The number of nitrogens with zero attached hydrogens (tertiary/aromatic N) is 2. The SMILES string of the molecule is CN(C(=O)c1ccc(S(=O)(=O)N2CCOCC2)cc1)C1CCCCCCC1. The summed E-state index contributed by atoms with van der Waals surface area (Å²) < 4.78 is 32.1. The summed E-state index contributed by atoms with van der Waals surface area (Å²) in [6.45, 7) is 1.57. The predicted octanol–water partition coefficient (Wildman–Crippen LogP) is 2.89. The Hall–Kier alpha value is -1.44. The van der Waals surface area contributed by atoms with Gasteiger partial charge in [0.05, 0.1) is 18.1 Å². The number of sulfonamides is 1. The maximum absolute atomic E-state index is 12.9. The molecule has 0 bridgehead atoms. The Labute approximate surface area is 162 Å². The summed E-state index contributed by atoms with van der Waals surface area (Å²) in [6, 6.07) is 6.63. The molecule has 1 aliphatic carbocycles. The van der Waals surface area contributed by atoms with E-state index >= 15 is 0 Å². The second kappa shape index (κ2) is 9.17. The van der Waals surface area contributed by atoms with Crippen LogP contribution in [-0.2, 0) is 14.8 Å². The molecule has 0 spiro atoms. The van der Waals surface area contributed by atoms with Crippen LogP contribution in [0.25, 0.3) is 0 Å². The Morgan fingerprint density at radius 2 is 1.56 bits per heavy atom. The molecule has 0 aromatic heterocycles. The third-order valence-corrected chi connectivity index (χ3v) is 7.56. The second-order valence-corrected chi connectivity index (χ2v) is 9.39. The van der Waals surface area contributed by atoms with Gasteiger partial charge in [-0.1, -0.05) is 32.1 Å². The van der Waals surface area contributed by atoms with Gasteiger partial charge in [-0.3, -0.25) is 4.79 Å². The van der Waals surface area contributed by atoms with Gasteiger partial charge in [0.25, 0.3) is 5.91 Å². The molecule has 1 aromatic carbocycles. The highest BCUT2D eigenvalue weighted by atomic mass is 32.2. The summed E-state index contributed by atoms with van der Waals surface area (Å²) >= 11 is 0. The number of benzene rings is 1. The van der Waals surface area contributed by atoms with Gasteiger partial charge in [-0.15, -0.1) is 0 Å². The highest BCUT2D eigenvalue weighted by Gasteiger charge is 2.27. The predicted molar refractivity (Wildman–Crippen MR) is 104 cm³/mol. The van der Waals surface area contributed by atoms with Crippen molar-refractivity contribution in [3.05, 3.63) is 29.8 Å². The molecule has 1 saturated carbocycles. The van der Waals surface area contributed by atoms with Crippen LogP contribution in [0.2, 0.25) is 0 Å². The molecule has 0 radical (unpaired) electrons. The highest BCUT2D eigenvalue weighted by Crippen LogP contribution is 2.23. The van der Waals surface area contributed by atoms with E-state index in [0.717, 1.165) is 12.8 Å². The van der Waals surface area contributed by atoms with E-state index in [9.17, 15) is 13.2 Å². The van der Waals surface area contributed by atoms with E-state index in [4.69, 9.17) is 4.74 Å². The minimum atomic E-state index is -3.53. The molecule has 2 aliphatic rings. The van der Waals surface area contributed by atoms with Crippen LogP contribution in [0.4, 0.5) is 0 Å². The zero-order valence-electron chi connectivity index (χ0n) is 16.1. The fraction of sp³-hybridized carbons (Fsp3) is 0.650. The quantitative estimate of drug-likeness (QED) is 0.788. The molecular weight excluding hydrogens is 364 g/mol. The summed E-state index contributed by atoms with van der Waals surface area (Å²) in [5, 5.41) is 0. The van der Waals surface area contributed by atoms with Crippen molar-refractivity contribution in [2.24, 2.45) is 0 Å². The van der Waals surface area contributed by atoms with Gasteiger partial charge in [-0.25, -0.2) is 8.42 Å². The molecule has 27 heavy (non-hydrogen) atoms. The van der Waals surface area contributed by atoms with E-state index in [1.165, 1.54) is 36.4 Å². The molecule has 1 saturated heterocycles. The van der Waals surface area contributed by atoms with Gasteiger partial charge < -0.3 is 9.64 Å². The van der Waals surface area contributed by atoms with Crippen molar-refractivity contribution in [2.75, 3.05) is 33.4 Å². The van der Waals surface area contributed by atoms with Gasteiger partial charge >= 0.3 is 0 Å². The Morgan fingerprint density at radius 3 is 2.15 bits per heavy atom. The van der Waals surface area contributed by atoms with E-state index in [-0.39, 0.29) is 16.8 Å². The number of carbonyl (C=O) groups excluding carboxylic acids is 1. The molecule has 0 unspecified atom stereocenters. The third-order valence-electron chi connectivity index (χ3n) is 5.65. The summed E-state index contributed by atoms with van der Waals surface area (Å²) in [4.78, 5) is 14.9. The average molecular weight is 395 g/mol. The number of amides is 1. The Morgan fingerprint density at radius 1 is 1.00 bits per heavy atom. The lowest BCUT2D eigenvalue weighted by Gasteiger charge is -2.30. The van der Waals surface area contributed by atoms with Crippen molar-refractivity contribution in [3.63, 3.8) is 0 Å². The Kier molecular flexibility index (Phi) is 6.89. The molecule has 7 heteroatoms. The number of rotatable bonds is 4. The summed E-state index contributed by atoms with van der Waals surface area (Å²) in [7, 11) is -1.66. The molecule has 1 heterocycles. The molecule has 1 aliphatic heterocycles. The molecular formula is C20H30N2O4S. The standard InChI is InChI=1S/C20H30N2O4S/c1-21(18-7-5-3-2-4-6-8-18)20(23)17-9-11-19(12-10-17)27(24,25)22-13-15-26-16-14-22/h9-12,18H,2-8,13-16H2,1H3. The molecule has 2 fully saturated rings. The van der Waals surface area contributed by atoms with E-state index < -0.39 is 10.0 Å². The van der Waals surface area contributed by atoms with Crippen LogP contribution in [0.5, 0.6) is 0 Å². The first kappa shape index (κ1) is 20.3. The summed E-state index contributed by atoms with van der Waals surface area (Å²) in [5.41, 5.74) is 0.542. The molecule has 150 valence electrons. The van der Waals surface area contributed by atoms with Gasteiger partial charge in [0.2, 0.25) is 10.0 Å². The maximum Gasteiger partial charge on any atom is 0.253 e. The highest BCUT2D eigenvalue weighted by molar-refractivity contribution is 7.89. The van der Waals surface area contributed by atoms with E-state index in [2.05, 4.69) is 0 Å². The monoisotopic (exact) mass is 394 g/mol. The van der Waals surface area contributed by atoms with E-state index in [0.29, 0.717) is 31.9 Å². The zero-order chi connectivity index (χ0) is 19.3. The van der Waals surface area contributed by atoms with Crippen LogP contribution >= 0.6 is 0 Å². The van der Waals surface area contributed by atoms with Crippen molar-refractivity contribution >= 4 is 15.9 Å². The largest absolute Gasteiger partial charge is 0.379 e. The van der Waals surface area contributed by atoms with Crippen LogP contribution in [0.15, 0.2) is 29.2 Å². The fourth-order valence-electron chi connectivity index (χ4n) is 3.90. The van der Waals surface area contributed by atoms with Crippen LogP contribution in [-0.4, -0.2) is 62.9 Å². The van der Waals surface area contributed by atoms with Gasteiger partial charge in [0.1, 0.15) is 0 Å². The lowest BCUT2D eigenvalue weighted by atomic mass is 9.95. The number of ether oxygens (including phenoxy) is 1. The van der Waals surface area contributed by atoms with Crippen molar-refractivity contribution in [2.45, 2.75) is 55.9 Å². The first-order valence-electron chi connectivity index (χ1n) is 9.95. The minimum absolute atomic E-state index is 0.0316. The Balaban J connectivity index is 1.69. The lowest BCUT2D eigenvalue weighted by molar-refractivity contribution is 0.0706. The molecule has 6 nitrogen and oxygen atoms in total. The van der Waals surface area contributed by atoms with Crippen molar-refractivity contribution < 1.29 is 17.9 Å². The number of carbonyl (C=O) groups is 1. The minimum Gasteiger partial charge on any atom is -0.379 e. The zero-order valence-corrected chi connectivity index (χ0v) is 16.9. The van der Waals surface area contributed by atoms with Crippen molar-refractivity contribution in [1.29, 1.82) is 0 Å². The van der Waals surface area contributed by atoms with Crippen LogP contribution in [0.1, 0.15) is 55.3 Å². The fourth-order valence-corrected chi connectivity index (χ4v) is 5.30. The number of hydrogen-bond acceptors (Lipinski definition) is 4. The number of morpholine rings is 1. The van der Waals surface area contributed by atoms with Gasteiger partial charge in [0.15, 0.2) is 0 Å². The van der Waals surface area contributed by atoms with Crippen LogP contribution in [0.3, 0.4) is 0 Å². The third kappa shape index (κ3) is 4.89. The Bertz CT molecular complexity index is 719. The summed E-state index contributed by atoms with van der Waals surface area (Å²) in [5.74, 6) is -0.0316. The second-order valence-electron chi connectivity index (χ2n) is 7.46. The number of hydrogen-bond donors (Lipinski definition) is 0. The van der Waals surface area contributed by atoms with Crippen LogP contribution < -0.4 is 0 Å². The smallest absolute Gasteiger partial charge is 0.253 e. The first-order chi connectivity index (χ1) is 13.0. The summed E-state index contributed by atoms with van der Waals surface area (Å²) in [6.07, 6.45) is 8.21. The molecule has 3 rings (SSSR count). The molecule has 0 atom stereocenters. The molecule has 1 aromatic rings. The lowest BCUT2D eigenvalue weighted by Crippen LogP contribution is -2.40. The molecule has 0 N–H and O–H groups in total. The maximum atomic E-state index is 12.9. The topological polar surface area (TPSA) is 66.9 Å². The molecule has 1 amide bonds. The first-order valence-corrected chi connectivity index (χ1v) is 11.4. The normalized spacial score (nSPS) is 20.6. The van der Waals surface area contributed by atoms with Gasteiger partial charge in [-0.2, -0.15) is 4.31 Å². The van der Waals surface area contributed by atoms with Crippen molar-refractivity contribution in [1.82, 2.24) is 9.21 Å². The van der Waals surface area contributed by atoms with Gasteiger partial charge in [0, 0.05) is 31.7 Å². The van der Waals surface area contributed by atoms with Crippen LogP contribution in [0, 0.1) is 0 Å².